The summed E-state index contributed by atoms with van der Waals surface area (Å²) in [6.07, 6.45) is 2.02. The molecule has 5 nitrogen and oxygen atoms in total. The van der Waals surface area contributed by atoms with Crippen LogP contribution < -0.4 is 5.32 Å². The van der Waals surface area contributed by atoms with Gasteiger partial charge in [0.05, 0.1) is 5.41 Å². The molecular weight excluding hydrogens is 292 g/mol. The summed E-state index contributed by atoms with van der Waals surface area (Å²) in [5.74, 6) is 0.303. The maximum atomic E-state index is 12.3. The summed E-state index contributed by atoms with van der Waals surface area (Å²) in [6, 6.07) is 0.0904. The number of likely N-dealkylation sites (tertiary alicyclic amines) is 1. The number of piperidine rings is 1. The van der Waals surface area contributed by atoms with Crippen LogP contribution in [0.25, 0.3) is 0 Å². The van der Waals surface area contributed by atoms with Crippen molar-refractivity contribution in [2.45, 2.75) is 52.5 Å². The molecule has 0 atom stereocenters. The molecule has 1 saturated heterocycles. The van der Waals surface area contributed by atoms with Crippen LogP contribution in [0.15, 0.2) is 0 Å². The molecule has 6 heteroatoms. The van der Waals surface area contributed by atoms with E-state index in [1.165, 1.54) is 6.92 Å². The molecule has 120 valence electrons. The minimum absolute atomic E-state index is 0.0221. The Kier molecular flexibility index (Phi) is 6.65. The van der Waals surface area contributed by atoms with Gasteiger partial charge in [0.2, 0.25) is 11.8 Å². The number of nitrogens with one attached hydrogen (secondary N) is 1. The van der Waals surface area contributed by atoms with E-state index in [9.17, 15) is 14.4 Å². The third kappa shape index (κ3) is 5.65. The van der Waals surface area contributed by atoms with Crippen LogP contribution in [-0.2, 0) is 14.4 Å². The Morgan fingerprint density at radius 1 is 1.19 bits per heavy atom. The van der Waals surface area contributed by atoms with Gasteiger partial charge in [-0.25, -0.2) is 0 Å². The smallest absolute Gasteiger partial charge is 0.229 e. The average molecular weight is 317 g/mol. The number of halogens is 1. The lowest BCUT2D eigenvalue weighted by Gasteiger charge is -2.36. The van der Waals surface area contributed by atoms with Gasteiger partial charge in [-0.3, -0.25) is 9.59 Å². The lowest BCUT2D eigenvalue weighted by molar-refractivity contribution is -0.140. The fraction of sp³-hybridized carbons (Fsp3) is 0.800. The first-order valence-corrected chi connectivity index (χ1v) is 7.94. The number of carbonyl (C=O) groups is 3. The monoisotopic (exact) mass is 316 g/mol. The summed E-state index contributed by atoms with van der Waals surface area (Å²) in [7, 11) is 0. The van der Waals surface area contributed by atoms with Crippen molar-refractivity contribution in [3.05, 3.63) is 0 Å². The predicted molar refractivity (Wildman–Crippen MR) is 82.2 cm³/mol. The van der Waals surface area contributed by atoms with Gasteiger partial charge < -0.3 is 15.0 Å². The number of alkyl halides is 1. The van der Waals surface area contributed by atoms with Crippen molar-refractivity contribution in [2.24, 2.45) is 5.41 Å². The highest BCUT2D eigenvalue weighted by molar-refractivity contribution is 6.19. The summed E-state index contributed by atoms with van der Waals surface area (Å²) in [4.78, 5) is 36.6. The van der Waals surface area contributed by atoms with Gasteiger partial charge in [-0.1, -0.05) is 0 Å². The fourth-order valence-corrected chi connectivity index (χ4v) is 2.42. The Hall–Kier alpha value is -1.10. The van der Waals surface area contributed by atoms with E-state index in [1.54, 1.807) is 0 Å². The number of ketones is 1. The zero-order chi connectivity index (χ0) is 16.0. The molecule has 1 aliphatic heterocycles. The summed E-state index contributed by atoms with van der Waals surface area (Å²) in [5.41, 5.74) is -0.543. The minimum Gasteiger partial charge on any atom is -0.353 e. The number of rotatable bonds is 6. The highest BCUT2D eigenvalue weighted by Crippen LogP contribution is 2.23. The lowest BCUT2D eigenvalue weighted by Crippen LogP contribution is -2.50. The van der Waals surface area contributed by atoms with Gasteiger partial charge >= 0.3 is 0 Å². The third-order valence-corrected chi connectivity index (χ3v) is 4.43. The van der Waals surface area contributed by atoms with E-state index in [0.717, 1.165) is 12.8 Å². The summed E-state index contributed by atoms with van der Waals surface area (Å²) >= 11 is 5.83. The van der Waals surface area contributed by atoms with Gasteiger partial charge in [-0.2, -0.15) is 0 Å². The van der Waals surface area contributed by atoms with Crippen molar-refractivity contribution in [1.82, 2.24) is 10.2 Å². The summed E-state index contributed by atoms with van der Waals surface area (Å²) < 4.78 is 0. The quantitative estimate of drug-likeness (QED) is 0.759. The van der Waals surface area contributed by atoms with Gasteiger partial charge in [0, 0.05) is 37.9 Å². The number of amides is 2. The van der Waals surface area contributed by atoms with E-state index in [-0.39, 0.29) is 36.5 Å². The molecule has 0 spiro atoms. The van der Waals surface area contributed by atoms with Crippen LogP contribution in [0, 0.1) is 5.41 Å². The fourth-order valence-electron chi connectivity index (χ4n) is 2.30. The molecule has 0 aromatic carbocycles. The second-order valence-electron chi connectivity index (χ2n) is 6.35. The van der Waals surface area contributed by atoms with E-state index in [1.807, 2.05) is 18.7 Å². The van der Waals surface area contributed by atoms with E-state index < -0.39 is 5.41 Å². The van der Waals surface area contributed by atoms with Crippen molar-refractivity contribution >= 4 is 29.2 Å². The number of hydrogen-bond donors (Lipinski definition) is 1. The predicted octanol–water partition coefficient (Wildman–Crippen LogP) is 1.73. The maximum absolute atomic E-state index is 12.3. The van der Waals surface area contributed by atoms with Crippen LogP contribution in [0.5, 0.6) is 0 Å². The van der Waals surface area contributed by atoms with Crippen molar-refractivity contribution < 1.29 is 14.4 Å². The first-order chi connectivity index (χ1) is 9.76. The second kappa shape index (κ2) is 7.78. The number of nitrogens with zero attached hydrogens (tertiary/aromatic N) is 1. The Morgan fingerprint density at radius 2 is 1.76 bits per heavy atom. The molecule has 0 aromatic rings. The minimum atomic E-state index is -0.543. The molecule has 0 aliphatic carbocycles. The molecule has 1 rings (SSSR count). The van der Waals surface area contributed by atoms with E-state index in [0.29, 0.717) is 19.0 Å². The van der Waals surface area contributed by atoms with Crippen LogP contribution in [-0.4, -0.2) is 47.5 Å². The molecule has 1 aliphatic rings. The molecule has 1 heterocycles. The third-order valence-electron chi connectivity index (χ3n) is 3.76. The van der Waals surface area contributed by atoms with Gasteiger partial charge in [0.1, 0.15) is 5.78 Å². The summed E-state index contributed by atoms with van der Waals surface area (Å²) in [5, 5.41) is 2.93. The molecule has 0 saturated carbocycles. The highest BCUT2D eigenvalue weighted by atomic mass is 35.5. The van der Waals surface area contributed by atoms with Gasteiger partial charge in [0.15, 0.2) is 0 Å². The molecule has 2 amide bonds. The SMILES string of the molecule is CC(=O)CCC(=O)NC1CCN(C(=O)C(C)(C)CCl)CC1. The van der Waals surface area contributed by atoms with Crippen LogP contribution in [0.3, 0.4) is 0 Å². The average Bonchev–Trinajstić information content (AvgIpc) is 2.45. The Balaban J connectivity index is 2.37. The zero-order valence-electron chi connectivity index (χ0n) is 13.1. The molecule has 0 aromatic heterocycles. The summed E-state index contributed by atoms with van der Waals surface area (Å²) in [6.45, 7) is 6.44. The lowest BCUT2D eigenvalue weighted by atomic mass is 9.92. The largest absolute Gasteiger partial charge is 0.353 e. The molecule has 0 unspecified atom stereocenters. The topological polar surface area (TPSA) is 66.5 Å². The van der Waals surface area contributed by atoms with E-state index in [2.05, 4.69) is 5.32 Å². The van der Waals surface area contributed by atoms with Gasteiger partial charge in [-0.15, -0.1) is 11.6 Å². The molecule has 21 heavy (non-hydrogen) atoms. The van der Waals surface area contributed by atoms with Crippen molar-refractivity contribution in [3.63, 3.8) is 0 Å². The molecule has 1 fully saturated rings. The number of hydrogen-bond acceptors (Lipinski definition) is 3. The standard InChI is InChI=1S/C15H25ClN2O3/c1-11(19)4-5-13(20)17-12-6-8-18(9-7-12)14(21)15(2,3)10-16/h12H,4-10H2,1-3H3,(H,17,20). The Bertz CT molecular complexity index is 402. The normalized spacial score (nSPS) is 16.7. The maximum Gasteiger partial charge on any atom is 0.229 e. The molecular formula is C15H25ClN2O3. The molecule has 1 N–H and O–H groups in total. The second-order valence-corrected chi connectivity index (χ2v) is 6.62. The molecule has 0 bridgehead atoms. The van der Waals surface area contributed by atoms with Crippen LogP contribution >= 0.6 is 11.6 Å². The van der Waals surface area contributed by atoms with Crippen LogP contribution in [0.1, 0.15) is 46.5 Å². The van der Waals surface area contributed by atoms with Crippen molar-refractivity contribution in [1.29, 1.82) is 0 Å². The Morgan fingerprint density at radius 3 is 2.24 bits per heavy atom. The van der Waals surface area contributed by atoms with Gasteiger partial charge in [0.25, 0.3) is 0 Å². The number of Topliss-reactive ketones (excluding diaryl/α,β-unsaturated/α-hetero) is 1. The first-order valence-electron chi connectivity index (χ1n) is 7.40. The highest BCUT2D eigenvalue weighted by Gasteiger charge is 2.33. The Labute approximate surface area is 131 Å². The van der Waals surface area contributed by atoms with E-state index >= 15 is 0 Å². The van der Waals surface area contributed by atoms with Crippen LogP contribution in [0.4, 0.5) is 0 Å². The number of carbonyl (C=O) groups excluding carboxylic acids is 3. The van der Waals surface area contributed by atoms with Gasteiger partial charge in [-0.05, 0) is 33.6 Å². The first kappa shape index (κ1) is 18.0. The van der Waals surface area contributed by atoms with Crippen molar-refractivity contribution in [3.8, 4) is 0 Å². The van der Waals surface area contributed by atoms with E-state index in [4.69, 9.17) is 11.6 Å². The molecule has 0 radical (unpaired) electrons. The zero-order valence-corrected chi connectivity index (χ0v) is 13.8. The van der Waals surface area contributed by atoms with Crippen molar-refractivity contribution in [2.75, 3.05) is 19.0 Å². The van der Waals surface area contributed by atoms with Crippen LogP contribution in [0.2, 0.25) is 0 Å².